The maximum atomic E-state index is 5.21. The number of hydrogen-bond donors (Lipinski definition) is 1. The van der Waals surface area contributed by atoms with Crippen molar-refractivity contribution in [3.05, 3.63) is 0 Å². The van der Waals surface area contributed by atoms with Gasteiger partial charge >= 0.3 is 0 Å². The van der Waals surface area contributed by atoms with E-state index in [1.807, 2.05) is 0 Å². The molecule has 1 aliphatic carbocycles. The summed E-state index contributed by atoms with van der Waals surface area (Å²) < 4.78 is 5.21. The van der Waals surface area contributed by atoms with Crippen LogP contribution in [0.4, 0.5) is 0 Å². The van der Waals surface area contributed by atoms with E-state index in [0.717, 1.165) is 36.8 Å². The van der Waals surface area contributed by atoms with Gasteiger partial charge in [-0.25, -0.2) is 0 Å². The zero-order valence-corrected chi connectivity index (χ0v) is 11.9. The van der Waals surface area contributed by atoms with Gasteiger partial charge in [-0.15, -0.1) is 0 Å². The lowest BCUT2D eigenvalue weighted by atomic mass is 10.1. The van der Waals surface area contributed by atoms with Crippen LogP contribution in [-0.4, -0.2) is 43.5 Å². The normalized spacial score (nSPS) is 20.1. The Balaban J connectivity index is 2.41. The molecule has 0 heterocycles. The molecule has 3 heteroatoms. The van der Waals surface area contributed by atoms with Crippen molar-refractivity contribution in [2.45, 2.75) is 39.2 Å². The molecule has 1 fully saturated rings. The van der Waals surface area contributed by atoms with E-state index in [9.17, 15) is 0 Å². The SMILES string of the molecule is CCC(CS)CN(CCOC)C(C)C1CC1. The molecule has 0 aromatic carbocycles. The predicted octanol–water partition coefficient (Wildman–Crippen LogP) is 2.69. The summed E-state index contributed by atoms with van der Waals surface area (Å²) in [7, 11) is 1.79. The van der Waals surface area contributed by atoms with Crippen LogP contribution in [0.25, 0.3) is 0 Å². The summed E-state index contributed by atoms with van der Waals surface area (Å²) in [4.78, 5) is 2.60. The lowest BCUT2D eigenvalue weighted by Gasteiger charge is -2.31. The maximum Gasteiger partial charge on any atom is 0.0589 e. The van der Waals surface area contributed by atoms with Crippen LogP contribution in [0.1, 0.15) is 33.1 Å². The van der Waals surface area contributed by atoms with Crippen LogP contribution in [0.15, 0.2) is 0 Å². The Bertz CT molecular complexity index is 181. The van der Waals surface area contributed by atoms with Crippen LogP contribution >= 0.6 is 12.6 Å². The molecular formula is C13H27NOS. The summed E-state index contributed by atoms with van der Waals surface area (Å²) in [5.41, 5.74) is 0. The molecule has 0 aromatic heterocycles. The van der Waals surface area contributed by atoms with Crippen LogP contribution in [0.2, 0.25) is 0 Å². The third-order valence-corrected chi connectivity index (χ3v) is 4.31. The lowest BCUT2D eigenvalue weighted by Crippen LogP contribution is -2.40. The zero-order chi connectivity index (χ0) is 12.0. The van der Waals surface area contributed by atoms with Gasteiger partial charge in [0.2, 0.25) is 0 Å². The molecule has 2 atom stereocenters. The summed E-state index contributed by atoms with van der Waals surface area (Å²) in [6, 6.07) is 0.726. The first-order valence-corrected chi connectivity index (χ1v) is 7.20. The van der Waals surface area contributed by atoms with Gasteiger partial charge in [-0.3, -0.25) is 4.90 Å². The lowest BCUT2D eigenvalue weighted by molar-refractivity contribution is 0.105. The monoisotopic (exact) mass is 245 g/mol. The Morgan fingerprint density at radius 1 is 1.44 bits per heavy atom. The van der Waals surface area contributed by atoms with Crippen LogP contribution < -0.4 is 0 Å². The molecular weight excluding hydrogens is 218 g/mol. The smallest absolute Gasteiger partial charge is 0.0589 e. The van der Waals surface area contributed by atoms with E-state index >= 15 is 0 Å². The van der Waals surface area contributed by atoms with Crippen molar-refractivity contribution in [1.29, 1.82) is 0 Å². The largest absolute Gasteiger partial charge is 0.383 e. The first-order valence-electron chi connectivity index (χ1n) is 6.56. The second-order valence-corrected chi connectivity index (χ2v) is 5.39. The third kappa shape index (κ3) is 4.64. The number of nitrogens with zero attached hydrogens (tertiary/aromatic N) is 1. The minimum Gasteiger partial charge on any atom is -0.383 e. The Morgan fingerprint density at radius 3 is 2.56 bits per heavy atom. The topological polar surface area (TPSA) is 12.5 Å². The highest BCUT2D eigenvalue weighted by molar-refractivity contribution is 7.80. The van der Waals surface area contributed by atoms with Gasteiger partial charge < -0.3 is 4.74 Å². The van der Waals surface area contributed by atoms with Crippen LogP contribution in [0.3, 0.4) is 0 Å². The molecule has 1 saturated carbocycles. The molecule has 0 radical (unpaired) electrons. The summed E-state index contributed by atoms with van der Waals surface area (Å²) in [6.07, 6.45) is 4.06. The van der Waals surface area contributed by atoms with Crippen molar-refractivity contribution in [3.8, 4) is 0 Å². The van der Waals surface area contributed by atoms with Gasteiger partial charge in [0, 0.05) is 26.2 Å². The fourth-order valence-electron chi connectivity index (χ4n) is 2.19. The molecule has 0 saturated heterocycles. The summed E-state index contributed by atoms with van der Waals surface area (Å²) >= 11 is 4.44. The van der Waals surface area contributed by atoms with E-state index in [-0.39, 0.29) is 0 Å². The maximum absolute atomic E-state index is 5.21. The fourth-order valence-corrected chi connectivity index (χ4v) is 2.57. The number of thiol groups is 1. The molecule has 16 heavy (non-hydrogen) atoms. The van der Waals surface area contributed by atoms with Crippen molar-refractivity contribution < 1.29 is 4.74 Å². The van der Waals surface area contributed by atoms with Crippen LogP contribution in [0, 0.1) is 11.8 Å². The molecule has 1 rings (SSSR count). The molecule has 0 aromatic rings. The van der Waals surface area contributed by atoms with E-state index in [1.165, 1.54) is 25.8 Å². The number of methoxy groups -OCH3 is 1. The fraction of sp³-hybridized carbons (Fsp3) is 1.00. The summed E-state index contributed by atoms with van der Waals surface area (Å²) in [5.74, 6) is 2.66. The molecule has 0 spiro atoms. The first kappa shape index (κ1) is 14.3. The first-order chi connectivity index (χ1) is 7.72. The van der Waals surface area contributed by atoms with E-state index in [1.54, 1.807) is 7.11 Å². The Hall–Kier alpha value is 0.270. The van der Waals surface area contributed by atoms with E-state index in [0.29, 0.717) is 0 Å². The molecule has 2 nitrogen and oxygen atoms in total. The van der Waals surface area contributed by atoms with Crippen LogP contribution in [0.5, 0.6) is 0 Å². The summed E-state index contributed by atoms with van der Waals surface area (Å²) in [5, 5.41) is 0. The zero-order valence-electron chi connectivity index (χ0n) is 11.0. The predicted molar refractivity (Wildman–Crippen MR) is 73.3 cm³/mol. The van der Waals surface area contributed by atoms with E-state index < -0.39 is 0 Å². The average molecular weight is 245 g/mol. The molecule has 0 amide bonds. The Morgan fingerprint density at radius 2 is 2.12 bits per heavy atom. The Labute approximate surface area is 106 Å². The number of ether oxygens (including phenoxy) is 1. The van der Waals surface area contributed by atoms with Crippen molar-refractivity contribution in [3.63, 3.8) is 0 Å². The van der Waals surface area contributed by atoms with Crippen LogP contribution in [-0.2, 0) is 4.74 Å². The highest BCUT2D eigenvalue weighted by atomic mass is 32.1. The van der Waals surface area contributed by atoms with E-state index in [4.69, 9.17) is 4.74 Å². The van der Waals surface area contributed by atoms with Gasteiger partial charge in [-0.1, -0.05) is 13.3 Å². The van der Waals surface area contributed by atoms with Crippen molar-refractivity contribution in [2.75, 3.05) is 32.6 Å². The van der Waals surface area contributed by atoms with Gasteiger partial charge in [-0.2, -0.15) is 12.6 Å². The second kappa shape index (κ2) is 7.57. The second-order valence-electron chi connectivity index (χ2n) is 5.02. The third-order valence-electron chi connectivity index (χ3n) is 3.79. The van der Waals surface area contributed by atoms with Gasteiger partial charge in [-0.05, 0) is 37.4 Å². The molecule has 2 unspecified atom stereocenters. The average Bonchev–Trinajstić information content (AvgIpc) is 3.13. The molecule has 0 N–H and O–H groups in total. The van der Waals surface area contributed by atoms with Crippen molar-refractivity contribution >= 4 is 12.6 Å². The minimum atomic E-state index is 0.724. The molecule has 96 valence electrons. The van der Waals surface area contributed by atoms with Gasteiger partial charge in [0.05, 0.1) is 6.61 Å². The highest BCUT2D eigenvalue weighted by Gasteiger charge is 2.32. The quantitative estimate of drug-likeness (QED) is 0.627. The minimum absolute atomic E-state index is 0.724. The van der Waals surface area contributed by atoms with Crippen molar-refractivity contribution in [2.24, 2.45) is 11.8 Å². The molecule has 1 aliphatic rings. The van der Waals surface area contributed by atoms with Gasteiger partial charge in [0.15, 0.2) is 0 Å². The number of hydrogen-bond acceptors (Lipinski definition) is 3. The van der Waals surface area contributed by atoms with E-state index in [2.05, 4.69) is 31.4 Å². The van der Waals surface area contributed by atoms with Gasteiger partial charge in [0.25, 0.3) is 0 Å². The Kier molecular flexibility index (Phi) is 6.78. The molecule has 0 bridgehead atoms. The number of rotatable bonds is 9. The summed E-state index contributed by atoms with van der Waals surface area (Å²) in [6.45, 7) is 7.73. The van der Waals surface area contributed by atoms with Gasteiger partial charge in [0.1, 0.15) is 0 Å². The standard InChI is InChI=1S/C13H27NOS/c1-4-12(10-16)9-14(7-8-15-3)11(2)13-5-6-13/h11-13,16H,4-10H2,1-3H3. The van der Waals surface area contributed by atoms with Crippen molar-refractivity contribution in [1.82, 2.24) is 4.90 Å². The molecule has 0 aliphatic heterocycles. The highest BCUT2D eigenvalue weighted by Crippen LogP contribution is 2.35.